The second kappa shape index (κ2) is 6.59. The molecule has 1 aromatic carbocycles. The monoisotopic (exact) mass is 292 g/mol. The Balaban J connectivity index is 1.91. The summed E-state index contributed by atoms with van der Waals surface area (Å²) in [5, 5.41) is 3.25. The number of carbonyl (C=O) groups is 1. The standard InChI is InChI=1S/C14H13ClN2OS/c1-10-7-13(15)16-8-12(10)17-14(18)9-19-11-5-3-2-4-6-11/h2-8H,9H2,1H3,(H,17,18). The van der Waals surface area contributed by atoms with Crippen LogP contribution in [-0.2, 0) is 4.79 Å². The molecule has 98 valence electrons. The molecular weight excluding hydrogens is 280 g/mol. The minimum absolute atomic E-state index is 0.0546. The second-order valence-electron chi connectivity index (χ2n) is 3.97. The number of aryl methyl sites for hydroxylation is 1. The van der Waals surface area contributed by atoms with Gasteiger partial charge in [0.15, 0.2) is 0 Å². The van der Waals surface area contributed by atoms with Crippen LogP contribution in [0.2, 0.25) is 5.15 Å². The van der Waals surface area contributed by atoms with Gasteiger partial charge in [0.2, 0.25) is 5.91 Å². The fourth-order valence-corrected chi connectivity index (χ4v) is 2.44. The zero-order valence-corrected chi connectivity index (χ0v) is 12.0. The fourth-order valence-electron chi connectivity index (χ4n) is 1.50. The molecule has 0 aliphatic carbocycles. The lowest BCUT2D eigenvalue weighted by Gasteiger charge is -2.07. The second-order valence-corrected chi connectivity index (χ2v) is 5.41. The van der Waals surface area contributed by atoms with Crippen LogP contribution in [-0.4, -0.2) is 16.6 Å². The molecule has 0 aliphatic rings. The topological polar surface area (TPSA) is 42.0 Å². The van der Waals surface area contributed by atoms with Gasteiger partial charge in [-0.3, -0.25) is 4.79 Å². The lowest BCUT2D eigenvalue weighted by molar-refractivity contribution is -0.113. The maximum absolute atomic E-state index is 11.8. The summed E-state index contributed by atoms with van der Waals surface area (Å²) in [7, 11) is 0. The van der Waals surface area contributed by atoms with E-state index in [2.05, 4.69) is 10.3 Å². The Hall–Kier alpha value is -1.52. The summed E-state index contributed by atoms with van der Waals surface area (Å²) in [6, 6.07) is 11.5. The van der Waals surface area contributed by atoms with Gasteiger partial charge >= 0.3 is 0 Å². The minimum atomic E-state index is -0.0546. The molecule has 0 saturated carbocycles. The number of nitrogens with zero attached hydrogens (tertiary/aromatic N) is 1. The Morgan fingerprint density at radius 2 is 2.11 bits per heavy atom. The average Bonchev–Trinajstić information content (AvgIpc) is 2.41. The van der Waals surface area contributed by atoms with E-state index in [1.165, 1.54) is 11.8 Å². The summed E-state index contributed by atoms with van der Waals surface area (Å²) in [4.78, 5) is 16.9. The lowest BCUT2D eigenvalue weighted by Crippen LogP contribution is -2.15. The van der Waals surface area contributed by atoms with Crippen molar-refractivity contribution < 1.29 is 4.79 Å². The Bertz CT molecular complexity index is 575. The number of hydrogen-bond donors (Lipinski definition) is 1. The number of benzene rings is 1. The number of thioether (sulfide) groups is 1. The third kappa shape index (κ3) is 4.26. The number of anilines is 1. The first-order valence-electron chi connectivity index (χ1n) is 5.75. The van der Waals surface area contributed by atoms with Crippen LogP contribution >= 0.6 is 23.4 Å². The molecule has 3 nitrogen and oxygen atoms in total. The average molecular weight is 293 g/mol. The molecule has 0 bridgehead atoms. The number of pyridine rings is 1. The van der Waals surface area contributed by atoms with Crippen molar-refractivity contribution in [2.24, 2.45) is 0 Å². The molecule has 5 heteroatoms. The number of nitrogens with one attached hydrogen (secondary N) is 1. The highest BCUT2D eigenvalue weighted by Gasteiger charge is 2.06. The number of halogens is 1. The first-order chi connectivity index (χ1) is 9.15. The lowest BCUT2D eigenvalue weighted by atomic mass is 10.2. The Morgan fingerprint density at radius 1 is 1.37 bits per heavy atom. The molecule has 0 fully saturated rings. The van der Waals surface area contributed by atoms with E-state index < -0.39 is 0 Å². The molecule has 2 aromatic rings. The summed E-state index contributed by atoms with van der Waals surface area (Å²) in [6.07, 6.45) is 1.57. The predicted octanol–water partition coefficient (Wildman–Crippen LogP) is 3.77. The molecule has 0 radical (unpaired) electrons. The predicted molar refractivity (Wildman–Crippen MR) is 79.8 cm³/mol. The van der Waals surface area contributed by atoms with Crippen LogP contribution in [0.15, 0.2) is 47.5 Å². The Labute approximate surface area is 121 Å². The molecule has 1 amide bonds. The van der Waals surface area contributed by atoms with Crippen molar-refractivity contribution in [3.05, 3.63) is 53.3 Å². The van der Waals surface area contributed by atoms with E-state index >= 15 is 0 Å². The van der Waals surface area contributed by atoms with E-state index in [4.69, 9.17) is 11.6 Å². The van der Waals surface area contributed by atoms with Crippen LogP contribution in [0.1, 0.15) is 5.56 Å². The third-order valence-corrected chi connectivity index (χ3v) is 3.68. The molecule has 0 aliphatic heterocycles. The van der Waals surface area contributed by atoms with Gasteiger partial charge in [0.1, 0.15) is 5.15 Å². The van der Waals surface area contributed by atoms with Crippen molar-refractivity contribution in [2.75, 3.05) is 11.1 Å². The zero-order chi connectivity index (χ0) is 13.7. The van der Waals surface area contributed by atoms with Gasteiger partial charge in [0.05, 0.1) is 17.6 Å². The largest absolute Gasteiger partial charge is 0.324 e. The van der Waals surface area contributed by atoms with Crippen molar-refractivity contribution in [3.63, 3.8) is 0 Å². The summed E-state index contributed by atoms with van der Waals surface area (Å²) < 4.78 is 0. The van der Waals surface area contributed by atoms with Gasteiger partial charge in [-0.1, -0.05) is 29.8 Å². The first-order valence-corrected chi connectivity index (χ1v) is 7.11. The molecule has 0 spiro atoms. The van der Waals surface area contributed by atoms with Gasteiger partial charge in [-0.2, -0.15) is 0 Å². The zero-order valence-electron chi connectivity index (χ0n) is 10.4. The van der Waals surface area contributed by atoms with Crippen molar-refractivity contribution in [1.82, 2.24) is 4.98 Å². The first kappa shape index (κ1) is 13.9. The Kier molecular flexibility index (Phi) is 4.82. The number of rotatable bonds is 4. The molecule has 2 rings (SSSR count). The van der Waals surface area contributed by atoms with Gasteiger partial charge < -0.3 is 5.32 Å². The molecular formula is C14H13ClN2OS. The van der Waals surface area contributed by atoms with E-state index in [-0.39, 0.29) is 5.91 Å². The molecule has 0 unspecified atom stereocenters. The van der Waals surface area contributed by atoms with Crippen molar-refractivity contribution >= 4 is 35.0 Å². The highest BCUT2D eigenvalue weighted by atomic mass is 35.5. The van der Waals surface area contributed by atoms with E-state index in [0.717, 1.165) is 10.5 Å². The van der Waals surface area contributed by atoms with Crippen LogP contribution < -0.4 is 5.32 Å². The van der Waals surface area contributed by atoms with Crippen LogP contribution in [0.5, 0.6) is 0 Å². The van der Waals surface area contributed by atoms with E-state index in [0.29, 0.717) is 16.6 Å². The molecule has 1 aromatic heterocycles. The third-order valence-electron chi connectivity index (χ3n) is 2.46. The highest BCUT2D eigenvalue weighted by Crippen LogP contribution is 2.19. The number of aromatic nitrogens is 1. The molecule has 0 saturated heterocycles. The van der Waals surface area contributed by atoms with Crippen molar-refractivity contribution in [2.45, 2.75) is 11.8 Å². The van der Waals surface area contributed by atoms with Gasteiger partial charge in [0.25, 0.3) is 0 Å². The summed E-state index contributed by atoms with van der Waals surface area (Å²) >= 11 is 7.27. The Morgan fingerprint density at radius 3 is 2.79 bits per heavy atom. The maximum atomic E-state index is 11.8. The van der Waals surface area contributed by atoms with Gasteiger partial charge in [-0.25, -0.2) is 4.98 Å². The molecule has 1 heterocycles. The van der Waals surface area contributed by atoms with E-state index in [1.54, 1.807) is 12.3 Å². The van der Waals surface area contributed by atoms with Crippen LogP contribution in [0.25, 0.3) is 0 Å². The maximum Gasteiger partial charge on any atom is 0.234 e. The minimum Gasteiger partial charge on any atom is -0.324 e. The SMILES string of the molecule is Cc1cc(Cl)ncc1NC(=O)CSc1ccccc1. The summed E-state index contributed by atoms with van der Waals surface area (Å²) in [5.41, 5.74) is 1.60. The number of amides is 1. The highest BCUT2D eigenvalue weighted by molar-refractivity contribution is 8.00. The normalized spacial score (nSPS) is 10.2. The van der Waals surface area contributed by atoms with Gasteiger partial charge in [-0.05, 0) is 30.7 Å². The van der Waals surface area contributed by atoms with Crippen molar-refractivity contribution in [1.29, 1.82) is 0 Å². The smallest absolute Gasteiger partial charge is 0.234 e. The van der Waals surface area contributed by atoms with Crippen molar-refractivity contribution in [3.8, 4) is 0 Å². The quantitative estimate of drug-likeness (QED) is 0.689. The van der Waals surface area contributed by atoms with E-state index in [1.807, 2.05) is 37.3 Å². The van der Waals surface area contributed by atoms with Gasteiger partial charge in [-0.15, -0.1) is 11.8 Å². The number of hydrogen-bond acceptors (Lipinski definition) is 3. The molecule has 1 N–H and O–H groups in total. The van der Waals surface area contributed by atoms with E-state index in [9.17, 15) is 4.79 Å². The summed E-state index contributed by atoms with van der Waals surface area (Å²) in [5.74, 6) is 0.313. The molecule has 0 atom stereocenters. The fraction of sp³-hybridized carbons (Fsp3) is 0.143. The van der Waals surface area contributed by atoms with Crippen LogP contribution in [0, 0.1) is 6.92 Å². The molecule has 19 heavy (non-hydrogen) atoms. The number of carbonyl (C=O) groups excluding carboxylic acids is 1. The van der Waals surface area contributed by atoms with Crippen LogP contribution in [0.3, 0.4) is 0 Å². The summed E-state index contributed by atoms with van der Waals surface area (Å²) in [6.45, 7) is 1.88. The van der Waals surface area contributed by atoms with Gasteiger partial charge in [0, 0.05) is 4.90 Å². The van der Waals surface area contributed by atoms with Crippen LogP contribution in [0.4, 0.5) is 5.69 Å².